The number of carbonyl (C=O) groups excluding carboxylic acids is 1. The van der Waals surface area contributed by atoms with Crippen LogP contribution in [0.3, 0.4) is 0 Å². The number of rotatable bonds is 4. The van der Waals surface area contributed by atoms with Crippen LogP contribution in [0.15, 0.2) is 53.4 Å². The average molecular weight is 365 g/mol. The van der Waals surface area contributed by atoms with Crippen molar-refractivity contribution < 1.29 is 13.2 Å². The molecule has 0 unspecified atom stereocenters. The zero-order chi connectivity index (χ0) is 17.3. The Kier molecular flexibility index (Phi) is 4.62. The van der Waals surface area contributed by atoms with Crippen LogP contribution in [-0.2, 0) is 21.2 Å². The van der Waals surface area contributed by atoms with E-state index in [0.717, 1.165) is 22.0 Å². The molecule has 2 aromatic rings. The van der Waals surface area contributed by atoms with Crippen LogP contribution in [0.25, 0.3) is 0 Å². The minimum Gasteiger partial charge on any atom is -0.311 e. The third kappa shape index (κ3) is 3.17. The van der Waals surface area contributed by atoms with Gasteiger partial charge in [-0.25, -0.2) is 8.42 Å². The van der Waals surface area contributed by atoms with Gasteiger partial charge in [0, 0.05) is 24.3 Å². The summed E-state index contributed by atoms with van der Waals surface area (Å²) in [5.74, 6) is -0.243. The standard InChI is InChI=1S/C17H17ClN2O3S/c1-19(24(22,23)15-7-4-6-14(18)11-15)12-17(21)20-10-9-13-5-2-3-8-16(13)20/h2-8,11H,9-10,12H2,1H3. The van der Waals surface area contributed by atoms with Crippen LogP contribution >= 0.6 is 11.6 Å². The minimum atomic E-state index is -3.76. The number of para-hydroxylation sites is 1. The summed E-state index contributed by atoms with van der Waals surface area (Å²) in [4.78, 5) is 14.3. The van der Waals surface area contributed by atoms with Crippen LogP contribution in [0.1, 0.15) is 5.56 Å². The number of amides is 1. The fraction of sp³-hybridized carbons (Fsp3) is 0.235. The molecular weight excluding hydrogens is 348 g/mol. The number of halogens is 1. The number of nitrogens with zero attached hydrogens (tertiary/aromatic N) is 2. The third-order valence-electron chi connectivity index (χ3n) is 4.05. The van der Waals surface area contributed by atoms with Crippen molar-refractivity contribution in [2.75, 3.05) is 25.0 Å². The largest absolute Gasteiger partial charge is 0.311 e. The maximum absolute atomic E-state index is 12.6. The fourth-order valence-electron chi connectivity index (χ4n) is 2.77. The second-order valence-electron chi connectivity index (χ2n) is 5.64. The monoisotopic (exact) mass is 364 g/mol. The van der Waals surface area contributed by atoms with E-state index in [1.54, 1.807) is 17.0 Å². The molecule has 5 nitrogen and oxygen atoms in total. The summed E-state index contributed by atoms with van der Waals surface area (Å²) in [6.45, 7) is 0.354. The molecule has 0 N–H and O–H groups in total. The lowest BCUT2D eigenvalue weighted by Gasteiger charge is -2.22. The number of hydrogen-bond acceptors (Lipinski definition) is 3. The Morgan fingerprint density at radius 1 is 1.21 bits per heavy atom. The summed E-state index contributed by atoms with van der Waals surface area (Å²) < 4.78 is 26.2. The molecule has 126 valence electrons. The second kappa shape index (κ2) is 6.55. The average Bonchev–Trinajstić information content (AvgIpc) is 2.99. The molecule has 0 fully saturated rings. The Bertz CT molecular complexity index is 883. The van der Waals surface area contributed by atoms with Crippen LogP contribution in [0, 0.1) is 0 Å². The SMILES string of the molecule is CN(CC(=O)N1CCc2ccccc21)S(=O)(=O)c1cccc(Cl)c1. The van der Waals surface area contributed by atoms with Gasteiger partial charge < -0.3 is 4.90 Å². The molecule has 0 spiro atoms. The van der Waals surface area contributed by atoms with Crippen molar-refractivity contribution in [3.63, 3.8) is 0 Å². The van der Waals surface area contributed by atoms with Crippen molar-refractivity contribution in [3.05, 3.63) is 59.1 Å². The van der Waals surface area contributed by atoms with Crippen molar-refractivity contribution in [1.82, 2.24) is 4.31 Å². The Hall–Kier alpha value is -1.89. The smallest absolute Gasteiger partial charge is 0.243 e. The van der Waals surface area contributed by atoms with Gasteiger partial charge in [0.1, 0.15) is 0 Å². The van der Waals surface area contributed by atoms with Crippen LogP contribution in [0.4, 0.5) is 5.69 Å². The van der Waals surface area contributed by atoms with Gasteiger partial charge in [-0.15, -0.1) is 0 Å². The summed E-state index contributed by atoms with van der Waals surface area (Å²) in [5.41, 5.74) is 1.96. The van der Waals surface area contributed by atoms with E-state index < -0.39 is 10.0 Å². The van der Waals surface area contributed by atoms with Gasteiger partial charge in [-0.1, -0.05) is 35.9 Å². The molecule has 0 aromatic heterocycles. The first-order chi connectivity index (χ1) is 11.4. The molecule has 24 heavy (non-hydrogen) atoms. The van der Waals surface area contributed by atoms with Crippen LogP contribution in [0.5, 0.6) is 0 Å². The third-order valence-corrected chi connectivity index (χ3v) is 6.08. The van der Waals surface area contributed by atoms with E-state index >= 15 is 0 Å². The number of benzene rings is 2. The second-order valence-corrected chi connectivity index (χ2v) is 8.12. The van der Waals surface area contributed by atoms with Gasteiger partial charge in [0.2, 0.25) is 15.9 Å². The lowest BCUT2D eigenvalue weighted by molar-refractivity contribution is -0.118. The zero-order valence-corrected chi connectivity index (χ0v) is 14.7. The van der Waals surface area contributed by atoms with Gasteiger partial charge in [-0.3, -0.25) is 4.79 Å². The van der Waals surface area contributed by atoms with Crippen molar-refractivity contribution in [2.45, 2.75) is 11.3 Å². The molecule has 2 aromatic carbocycles. The van der Waals surface area contributed by atoms with Crippen molar-refractivity contribution in [1.29, 1.82) is 0 Å². The molecule has 1 aliphatic rings. The molecule has 7 heteroatoms. The van der Waals surface area contributed by atoms with E-state index in [1.165, 1.54) is 19.2 Å². The molecule has 0 saturated carbocycles. The number of fused-ring (bicyclic) bond motifs is 1. The first-order valence-electron chi connectivity index (χ1n) is 7.50. The number of anilines is 1. The van der Waals surface area contributed by atoms with E-state index in [4.69, 9.17) is 11.6 Å². The topological polar surface area (TPSA) is 57.7 Å². The molecule has 0 atom stereocenters. The molecule has 0 radical (unpaired) electrons. The summed E-state index contributed by atoms with van der Waals surface area (Å²) >= 11 is 5.86. The highest BCUT2D eigenvalue weighted by atomic mass is 35.5. The highest BCUT2D eigenvalue weighted by Gasteiger charge is 2.29. The maximum atomic E-state index is 12.6. The van der Waals surface area contributed by atoms with E-state index in [1.807, 2.05) is 24.3 Å². The van der Waals surface area contributed by atoms with E-state index in [0.29, 0.717) is 11.6 Å². The first-order valence-corrected chi connectivity index (χ1v) is 9.31. The predicted molar refractivity (Wildman–Crippen MR) is 93.8 cm³/mol. The van der Waals surface area contributed by atoms with Gasteiger partial charge >= 0.3 is 0 Å². The molecule has 0 saturated heterocycles. The quantitative estimate of drug-likeness (QED) is 0.837. The molecule has 3 rings (SSSR count). The lowest BCUT2D eigenvalue weighted by Crippen LogP contribution is -2.40. The van der Waals surface area contributed by atoms with Crippen LogP contribution in [0.2, 0.25) is 5.02 Å². The van der Waals surface area contributed by atoms with Crippen molar-refractivity contribution in [2.24, 2.45) is 0 Å². The number of likely N-dealkylation sites (N-methyl/N-ethyl adjacent to an activating group) is 1. The van der Waals surface area contributed by atoms with E-state index in [-0.39, 0.29) is 17.3 Å². The van der Waals surface area contributed by atoms with E-state index in [9.17, 15) is 13.2 Å². The highest BCUT2D eigenvalue weighted by molar-refractivity contribution is 7.89. The Labute approximate surface area is 146 Å². The lowest BCUT2D eigenvalue weighted by atomic mass is 10.2. The van der Waals surface area contributed by atoms with Gasteiger partial charge in [0.15, 0.2) is 0 Å². The van der Waals surface area contributed by atoms with Crippen LogP contribution < -0.4 is 4.90 Å². The van der Waals surface area contributed by atoms with E-state index in [2.05, 4.69) is 0 Å². The predicted octanol–water partition coefficient (Wildman–Crippen LogP) is 2.55. The van der Waals surface area contributed by atoms with Gasteiger partial charge in [-0.05, 0) is 36.2 Å². The molecule has 1 aliphatic heterocycles. The summed E-state index contributed by atoms with van der Waals surface area (Å²) in [7, 11) is -2.36. The summed E-state index contributed by atoms with van der Waals surface area (Å²) in [6.07, 6.45) is 0.784. The Morgan fingerprint density at radius 2 is 1.96 bits per heavy atom. The Morgan fingerprint density at radius 3 is 2.71 bits per heavy atom. The number of sulfonamides is 1. The molecule has 1 heterocycles. The Balaban J connectivity index is 1.78. The first kappa shape index (κ1) is 17.0. The minimum absolute atomic E-state index is 0.0760. The molecular formula is C17H17ClN2O3S. The summed E-state index contributed by atoms with van der Waals surface area (Å²) in [5, 5.41) is 0.337. The number of hydrogen-bond donors (Lipinski definition) is 0. The molecule has 0 bridgehead atoms. The van der Waals surface area contributed by atoms with Gasteiger partial charge in [0.05, 0.1) is 11.4 Å². The van der Waals surface area contributed by atoms with Crippen molar-refractivity contribution >= 4 is 33.2 Å². The highest BCUT2D eigenvalue weighted by Crippen LogP contribution is 2.28. The maximum Gasteiger partial charge on any atom is 0.243 e. The molecule has 1 amide bonds. The van der Waals surface area contributed by atoms with Crippen molar-refractivity contribution in [3.8, 4) is 0 Å². The molecule has 0 aliphatic carbocycles. The zero-order valence-electron chi connectivity index (χ0n) is 13.1. The van der Waals surface area contributed by atoms with Gasteiger partial charge in [0.25, 0.3) is 0 Å². The summed E-state index contributed by atoms with van der Waals surface area (Å²) in [6, 6.07) is 13.7. The number of carbonyl (C=O) groups is 1. The fourth-order valence-corrected chi connectivity index (χ4v) is 4.19. The normalized spacial score (nSPS) is 14.0. The van der Waals surface area contributed by atoms with Gasteiger partial charge in [-0.2, -0.15) is 4.31 Å². The van der Waals surface area contributed by atoms with Crippen LogP contribution in [-0.4, -0.2) is 38.8 Å².